The molecule has 18 heavy (non-hydrogen) atoms. The molecule has 0 bridgehead atoms. The molecule has 0 aliphatic rings. The molecule has 1 N–H and O–H groups in total. The Morgan fingerprint density at radius 1 is 1.44 bits per heavy atom. The fourth-order valence-corrected chi connectivity index (χ4v) is 1.73. The van der Waals surface area contributed by atoms with Gasteiger partial charge in [-0.2, -0.15) is 0 Å². The van der Waals surface area contributed by atoms with Gasteiger partial charge in [-0.3, -0.25) is 9.78 Å². The van der Waals surface area contributed by atoms with Crippen molar-refractivity contribution in [2.24, 2.45) is 0 Å². The number of aryl methyl sites for hydroxylation is 1. The van der Waals surface area contributed by atoms with Crippen LogP contribution in [0, 0.1) is 0 Å². The zero-order valence-corrected chi connectivity index (χ0v) is 10.4. The molecule has 0 aromatic carbocycles. The van der Waals surface area contributed by atoms with Crippen LogP contribution >= 0.6 is 0 Å². The van der Waals surface area contributed by atoms with E-state index in [1.54, 1.807) is 25.4 Å². The second-order valence-corrected chi connectivity index (χ2v) is 3.88. The Morgan fingerprint density at radius 2 is 2.28 bits per heavy atom. The van der Waals surface area contributed by atoms with Gasteiger partial charge in [0.05, 0.1) is 12.8 Å². The second kappa shape index (κ2) is 5.44. The first kappa shape index (κ1) is 12.3. The zero-order valence-electron chi connectivity index (χ0n) is 10.4. The van der Waals surface area contributed by atoms with Crippen molar-refractivity contribution >= 4 is 0 Å². The van der Waals surface area contributed by atoms with Crippen LogP contribution in [0.15, 0.2) is 29.2 Å². The van der Waals surface area contributed by atoms with E-state index < -0.39 is 0 Å². The Morgan fingerprint density at radius 3 is 3.00 bits per heavy atom. The standard InChI is InChI=1S/C13H15N3O2/c1-3-5-11-15-9(8-12(17)16-11)13-10(18-2)6-4-7-14-13/h4,6-8H,3,5H2,1-2H3,(H,15,16,17). The molecule has 5 nitrogen and oxygen atoms in total. The molecule has 0 aliphatic carbocycles. The average Bonchev–Trinajstić information content (AvgIpc) is 2.38. The number of ether oxygens (including phenoxy) is 1. The van der Waals surface area contributed by atoms with Crippen molar-refractivity contribution in [3.05, 3.63) is 40.6 Å². The van der Waals surface area contributed by atoms with Crippen molar-refractivity contribution in [2.75, 3.05) is 7.11 Å². The molecule has 0 radical (unpaired) electrons. The maximum atomic E-state index is 11.6. The van der Waals surface area contributed by atoms with Gasteiger partial charge in [0.25, 0.3) is 5.56 Å². The third kappa shape index (κ3) is 2.56. The maximum absolute atomic E-state index is 11.6. The number of pyridine rings is 1. The third-order valence-electron chi connectivity index (χ3n) is 2.51. The number of aromatic amines is 1. The van der Waals surface area contributed by atoms with Gasteiger partial charge < -0.3 is 9.72 Å². The summed E-state index contributed by atoms with van der Waals surface area (Å²) in [7, 11) is 1.57. The molecule has 0 fully saturated rings. The summed E-state index contributed by atoms with van der Waals surface area (Å²) >= 11 is 0. The van der Waals surface area contributed by atoms with E-state index in [0.717, 1.165) is 12.8 Å². The molecule has 0 unspecified atom stereocenters. The van der Waals surface area contributed by atoms with Gasteiger partial charge in [0, 0.05) is 18.7 Å². The summed E-state index contributed by atoms with van der Waals surface area (Å²) in [6, 6.07) is 5.01. The molecule has 0 aliphatic heterocycles. The Labute approximate surface area is 105 Å². The first-order chi connectivity index (χ1) is 8.74. The second-order valence-electron chi connectivity index (χ2n) is 3.88. The lowest BCUT2D eigenvalue weighted by Crippen LogP contribution is -2.11. The SMILES string of the molecule is CCCc1nc(-c2ncccc2OC)cc(=O)[nH]1. The Bertz CT molecular complexity index is 593. The monoisotopic (exact) mass is 245 g/mol. The van der Waals surface area contributed by atoms with Crippen LogP contribution in [0.5, 0.6) is 5.75 Å². The number of H-pyrrole nitrogens is 1. The maximum Gasteiger partial charge on any atom is 0.251 e. The fourth-order valence-electron chi connectivity index (χ4n) is 1.73. The van der Waals surface area contributed by atoms with E-state index in [2.05, 4.69) is 15.0 Å². The van der Waals surface area contributed by atoms with Gasteiger partial charge in [-0.1, -0.05) is 6.92 Å². The predicted octanol–water partition coefficient (Wildman–Crippen LogP) is 1.79. The van der Waals surface area contributed by atoms with Gasteiger partial charge in [-0.25, -0.2) is 4.98 Å². The molecule has 0 saturated heterocycles. The van der Waals surface area contributed by atoms with Crippen molar-refractivity contribution in [2.45, 2.75) is 19.8 Å². The summed E-state index contributed by atoms with van der Waals surface area (Å²) < 4.78 is 5.22. The van der Waals surface area contributed by atoms with E-state index in [1.807, 2.05) is 6.92 Å². The van der Waals surface area contributed by atoms with Crippen molar-refractivity contribution < 1.29 is 4.74 Å². The summed E-state index contributed by atoms with van der Waals surface area (Å²) in [4.78, 5) is 22.9. The lowest BCUT2D eigenvalue weighted by Gasteiger charge is -2.07. The first-order valence-corrected chi connectivity index (χ1v) is 5.84. The molecule has 0 amide bonds. The number of hydrogen-bond donors (Lipinski definition) is 1. The van der Waals surface area contributed by atoms with Gasteiger partial charge in [0.1, 0.15) is 17.3 Å². The highest BCUT2D eigenvalue weighted by molar-refractivity contribution is 5.61. The summed E-state index contributed by atoms with van der Waals surface area (Å²) in [5.41, 5.74) is 0.958. The van der Waals surface area contributed by atoms with E-state index >= 15 is 0 Å². The quantitative estimate of drug-likeness (QED) is 0.891. The number of rotatable bonds is 4. The number of methoxy groups -OCH3 is 1. The molecule has 0 atom stereocenters. The van der Waals surface area contributed by atoms with Gasteiger partial charge in [-0.15, -0.1) is 0 Å². The minimum Gasteiger partial charge on any atom is -0.494 e. The predicted molar refractivity (Wildman–Crippen MR) is 68.6 cm³/mol. The van der Waals surface area contributed by atoms with Crippen LogP contribution in [-0.2, 0) is 6.42 Å². The molecule has 0 spiro atoms. The molecule has 0 saturated carbocycles. The van der Waals surface area contributed by atoms with Crippen molar-refractivity contribution in [3.8, 4) is 17.1 Å². The van der Waals surface area contributed by atoms with Gasteiger partial charge in [0.2, 0.25) is 0 Å². The average molecular weight is 245 g/mol. The molecule has 2 aromatic heterocycles. The van der Waals surface area contributed by atoms with Crippen LogP contribution < -0.4 is 10.3 Å². The number of nitrogens with one attached hydrogen (secondary N) is 1. The lowest BCUT2D eigenvalue weighted by molar-refractivity contribution is 0.414. The van der Waals surface area contributed by atoms with Crippen molar-refractivity contribution in [1.82, 2.24) is 15.0 Å². The van der Waals surface area contributed by atoms with E-state index in [9.17, 15) is 4.79 Å². The van der Waals surface area contributed by atoms with Crippen LogP contribution in [0.25, 0.3) is 11.4 Å². The zero-order chi connectivity index (χ0) is 13.0. The number of nitrogens with zero attached hydrogens (tertiary/aromatic N) is 2. The molecule has 2 aromatic rings. The van der Waals surface area contributed by atoms with Crippen molar-refractivity contribution in [3.63, 3.8) is 0 Å². The van der Waals surface area contributed by atoms with E-state index in [4.69, 9.17) is 4.74 Å². The fraction of sp³-hybridized carbons (Fsp3) is 0.308. The minimum absolute atomic E-state index is 0.170. The van der Waals surface area contributed by atoms with Gasteiger partial charge in [-0.05, 0) is 18.6 Å². The van der Waals surface area contributed by atoms with E-state index in [1.165, 1.54) is 6.07 Å². The highest BCUT2D eigenvalue weighted by Crippen LogP contribution is 2.24. The Hall–Kier alpha value is -2.17. The normalized spacial score (nSPS) is 10.3. The van der Waals surface area contributed by atoms with Crippen LogP contribution in [0.1, 0.15) is 19.2 Å². The molecular formula is C13H15N3O2. The van der Waals surface area contributed by atoms with Crippen LogP contribution in [0.4, 0.5) is 0 Å². The topological polar surface area (TPSA) is 67.9 Å². The first-order valence-electron chi connectivity index (χ1n) is 5.84. The molecule has 2 heterocycles. The molecule has 5 heteroatoms. The van der Waals surface area contributed by atoms with Crippen LogP contribution in [0.3, 0.4) is 0 Å². The van der Waals surface area contributed by atoms with Gasteiger partial charge >= 0.3 is 0 Å². The number of aromatic nitrogens is 3. The lowest BCUT2D eigenvalue weighted by atomic mass is 10.2. The molecular weight excluding hydrogens is 230 g/mol. The Balaban J connectivity index is 2.53. The minimum atomic E-state index is -0.170. The summed E-state index contributed by atoms with van der Waals surface area (Å²) in [5.74, 6) is 1.28. The summed E-state index contributed by atoms with van der Waals surface area (Å²) in [6.07, 6.45) is 3.31. The molecule has 94 valence electrons. The smallest absolute Gasteiger partial charge is 0.251 e. The third-order valence-corrected chi connectivity index (χ3v) is 2.51. The van der Waals surface area contributed by atoms with Gasteiger partial charge in [0.15, 0.2) is 0 Å². The highest BCUT2D eigenvalue weighted by atomic mass is 16.5. The van der Waals surface area contributed by atoms with E-state index in [-0.39, 0.29) is 5.56 Å². The van der Waals surface area contributed by atoms with Crippen molar-refractivity contribution in [1.29, 1.82) is 0 Å². The van der Waals surface area contributed by atoms with E-state index in [0.29, 0.717) is 23.0 Å². The summed E-state index contributed by atoms with van der Waals surface area (Å²) in [6.45, 7) is 2.04. The largest absolute Gasteiger partial charge is 0.494 e. The summed E-state index contributed by atoms with van der Waals surface area (Å²) in [5, 5.41) is 0. The number of hydrogen-bond acceptors (Lipinski definition) is 4. The van der Waals surface area contributed by atoms with Crippen LogP contribution in [0.2, 0.25) is 0 Å². The Kier molecular flexibility index (Phi) is 3.72. The highest BCUT2D eigenvalue weighted by Gasteiger charge is 2.10. The molecule has 2 rings (SSSR count). The van der Waals surface area contributed by atoms with Crippen LogP contribution in [-0.4, -0.2) is 22.1 Å².